The number of ether oxygens (including phenoxy) is 1. The predicted molar refractivity (Wildman–Crippen MR) is 86.3 cm³/mol. The van der Waals surface area contributed by atoms with Gasteiger partial charge in [-0.05, 0) is 48.4 Å². The monoisotopic (exact) mass is 318 g/mol. The van der Waals surface area contributed by atoms with Crippen LogP contribution in [-0.2, 0) is 6.18 Å². The van der Waals surface area contributed by atoms with Gasteiger partial charge in [-0.3, -0.25) is 0 Å². The Morgan fingerprint density at radius 2 is 1.43 bits per heavy atom. The highest BCUT2D eigenvalue weighted by molar-refractivity contribution is 5.64. The molecule has 0 aliphatic rings. The summed E-state index contributed by atoms with van der Waals surface area (Å²) in [6, 6.07) is 12.4. The van der Waals surface area contributed by atoms with Crippen LogP contribution in [0.25, 0.3) is 11.1 Å². The lowest BCUT2D eigenvalue weighted by molar-refractivity contribution is -0.137. The van der Waals surface area contributed by atoms with Crippen molar-refractivity contribution in [3.63, 3.8) is 0 Å². The lowest BCUT2D eigenvalue weighted by atomic mass is 10.0. The van der Waals surface area contributed by atoms with Gasteiger partial charge in [-0.15, -0.1) is 0 Å². The Hall–Kier alpha value is -2.49. The maximum atomic E-state index is 12.5. The van der Waals surface area contributed by atoms with E-state index in [9.17, 15) is 13.2 Å². The molecule has 2 aromatic carbocycles. The molecule has 120 valence electrons. The fourth-order valence-corrected chi connectivity index (χ4v) is 1.98. The zero-order valence-electron chi connectivity index (χ0n) is 12.7. The maximum absolute atomic E-state index is 12.5. The van der Waals surface area contributed by atoms with E-state index in [-0.39, 0.29) is 0 Å². The Labute approximate surface area is 133 Å². The first-order valence-corrected chi connectivity index (χ1v) is 7.19. The van der Waals surface area contributed by atoms with E-state index in [0.717, 1.165) is 23.3 Å². The van der Waals surface area contributed by atoms with Crippen molar-refractivity contribution in [1.29, 1.82) is 0 Å². The van der Waals surface area contributed by atoms with E-state index >= 15 is 0 Å². The smallest absolute Gasteiger partial charge is 0.416 e. The van der Waals surface area contributed by atoms with E-state index in [1.165, 1.54) is 12.1 Å². The largest absolute Gasteiger partial charge is 0.490 e. The average Bonchev–Trinajstić information content (AvgIpc) is 2.55. The van der Waals surface area contributed by atoms with Crippen molar-refractivity contribution in [1.82, 2.24) is 0 Å². The number of benzene rings is 2. The first kappa shape index (κ1) is 16.9. The molecule has 0 atom stereocenters. The first-order chi connectivity index (χ1) is 11.0. The van der Waals surface area contributed by atoms with Gasteiger partial charge in [0.05, 0.1) is 5.56 Å². The highest BCUT2D eigenvalue weighted by Gasteiger charge is 2.29. The van der Waals surface area contributed by atoms with Gasteiger partial charge in [0.25, 0.3) is 0 Å². The van der Waals surface area contributed by atoms with E-state index < -0.39 is 11.7 Å². The summed E-state index contributed by atoms with van der Waals surface area (Å²) in [5.41, 5.74) is 0.933. The van der Waals surface area contributed by atoms with Crippen LogP contribution < -0.4 is 4.74 Å². The van der Waals surface area contributed by atoms with E-state index in [1.807, 2.05) is 43.4 Å². The van der Waals surface area contributed by atoms with Crippen molar-refractivity contribution in [2.75, 3.05) is 6.61 Å². The van der Waals surface area contributed by atoms with Crippen LogP contribution in [0.1, 0.15) is 12.5 Å². The molecule has 2 aromatic rings. The van der Waals surface area contributed by atoms with Crippen molar-refractivity contribution >= 4 is 0 Å². The summed E-state index contributed by atoms with van der Waals surface area (Å²) in [6.45, 7) is 2.40. The van der Waals surface area contributed by atoms with Gasteiger partial charge in [-0.1, -0.05) is 42.5 Å². The van der Waals surface area contributed by atoms with E-state index in [4.69, 9.17) is 4.74 Å². The summed E-state index contributed by atoms with van der Waals surface area (Å²) < 4.78 is 43.2. The SMILES string of the molecule is CC=CC=CCOc1ccc(-c2ccc(C(F)(F)F)cc2)cc1. The molecule has 0 unspecified atom stereocenters. The molecule has 0 saturated carbocycles. The predicted octanol–water partition coefficient (Wildman–Crippen LogP) is 5.88. The summed E-state index contributed by atoms with van der Waals surface area (Å²) in [4.78, 5) is 0. The quantitative estimate of drug-likeness (QED) is 0.625. The third-order valence-corrected chi connectivity index (χ3v) is 3.19. The molecule has 0 heterocycles. The molecular weight excluding hydrogens is 301 g/mol. The molecule has 0 aliphatic carbocycles. The second-order valence-electron chi connectivity index (χ2n) is 4.86. The topological polar surface area (TPSA) is 9.23 Å². The third kappa shape index (κ3) is 5.02. The fourth-order valence-electron chi connectivity index (χ4n) is 1.98. The Bertz CT molecular complexity index is 665. The Morgan fingerprint density at radius 1 is 0.870 bits per heavy atom. The van der Waals surface area contributed by atoms with Crippen molar-refractivity contribution in [2.45, 2.75) is 13.1 Å². The zero-order valence-corrected chi connectivity index (χ0v) is 12.7. The second kappa shape index (κ2) is 7.68. The Morgan fingerprint density at radius 3 is 1.96 bits per heavy atom. The van der Waals surface area contributed by atoms with Crippen LogP contribution in [0.4, 0.5) is 13.2 Å². The van der Waals surface area contributed by atoms with Gasteiger partial charge in [0.1, 0.15) is 12.4 Å². The number of allylic oxidation sites excluding steroid dienone is 3. The summed E-state index contributed by atoms with van der Waals surface area (Å²) in [7, 11) is 0. The maximum Gasteiger partial charge on any atom is 0.416 e. The lowest BCUT2D eigenvalue weighted by Gasteiger charge is -2.08. The minimum Gasteiger partial charge on any atom is -0.490 e. The van der Waals surface area contributed by atoms with Gasteiger partial charge in [0.15, 0.2) is 0 Å². The fraction of sp³-hybridized carbons (Fsp3) is 0.158. The van der Waals surface area contributed by atoms with Crippen molar-refractivity contribution < 1.29 is 17.9 Å². The number of hydrogen-bond acceptors (Lipinski definition) is 1. The van der Waals surface area contributed by atoms with Gasteiger partial charge < -0.3 is 4.74 Å². The van der Waals surface area contributed by atoms with Crippen LogP contribution in [0.3, 0.4) is 0 Å². The van der Waals surface area contributed by atoms with Crippen LogP contribution in [0.2, 0.25) is 0 Å². The molecule has 0 aromatic heterocycles. The molecule has 2 rings (SSSR count). The molecule has 0 radical (unpaired) electrons. The highest BCUT2D eigenvalue weighted by atomic mass is 19.4. The lowest BCUT2D eigenvalue weighted by Crippen LogP contribution is -2.03. The minimum absolute atomic E-state index is 0.462. The van der Waals surface area contributed by atoms with Crippen molar-refractivity contribution in [2.24, 2.45) is 0 Å². The summed E-state index contributed by atoms with van der Waals surface area (Å²) in [5.74, 6) is 0.714. The number of rotatable bonds is 5. The molecule has 1 nitrogen and oxygen atoms in total. The van der Waals surface area contributed by atoms with Gasteiger partial charge in [-0.2, -0.15) is 13.2 Å². The van der Waals surface area contributed by atoms with Crippen LogP contribution in [0.15, 0.2) is 72.8 Å². The van der Waals surface area contributed by atoms with Crippen LogP contribution in [0.5, 0.6) is 5.75 Å². The first-order valence-electron chi connectivity index (χ1n) is 7.19. The number of alkyl halides is 3. The van der Waals surface area contributed by atoms with Crippen molar-refractivity contribution in [3.8, 4) is 16.9 Å². The van der Waals surface area contributed by atoms with Gasteiger partial charge in [-0.25, -0.2) is 0 Å². The zero-order chi connectivity index (χ0) is 16.7. The molecule has 0 bridgehead atoms. The van der Waals surface area contributed by atoms with Crippen molar-refractivity contribution in [3.05, 3.63) is 78.4 Å². The molecule has 0 amide bonds. The van der Waals surface area contributed by atoms with Gasteiger partial charge in [0, 0.05) is 0 Å². The third-order valence-electron chi connectivity index (χ3n) is 3.19. The Kier molecular flexibility index (Phi) is 5.63. The van der Waals surface area contributed by atoms with Crippen LogP contribution in [0, 0.1) is 0 Å². The summed E-state index contributed by atoms with van der Waals surface area (Å²) in [6.07, 6.45) is 3.32. The minimum atomic E-state index is -4.31. The Balaban J connectivity index is 2.02. The van der Waals surface area contributed by atoms with E-state index in [1.54, 1.807) is 12.1 Å². The molecule has 23 heavy (non-hydrogen) atoms. The van der Waals surface area contributed by atoms with Crippen LogP contribution >= 0.6 is 0 Å². The highest BCUT2D eigenvalue weighted by Crippen LogP contribution is 2.31. The van der Waals surface area contributed by atoms with E-state index in [0.29, 0.717) is 12.4 Å². The molecular formula is C19H17F3O. The van der Waals surface area contributed by atoms with Gasteiger partial charge in [0.2, 0.25) is 0 Å². The molecule has 4 heteroatoms. The second-order valence-corrected chi connectivity index (χ2v) is 4.86. The molecule has 0 fully saturated rings. The molecule has 0 aliphatic heterocycles. The number of halogens is 3. The van der Waals surface area contributed by atoms with Crippen LogP contribution in [-0.4, -0.2) is 6.61 Å². The summed E-state index contributed by atoms with van der Waals surface area (Å²) in [5, 5.41) is 0. The molecule has 0 N–H and O–H groups in total. The standard InChI is InChI=1S/C19H17F3O/c1-2-3-4-5-14-23-18-12-8-16(9-13-18)15-6-10-17(11-7-15)19(20,21)22/h2-13H,14H2,1H3. The summed E-state index contributed by atoms with van der Waals surface area (Å²) >= 11 is 0. The van der Waals surface area contributed by atoms with Gasteiger partial charge >= 0.3 is 6.18 Å². The molecule has 0 spiro atoms. The normalized spacial score (nSPS) is 12.2. The number of hydrogen-bond donors (Lipinski definition) is 0. The average molecular weight is 318 g/mol. The molecule has 0 saturated heterocycles. The van der Waals surface area contributed by atoms with E-state index in [2.05, 4.69) is 0 Å².